The number of aromatic nitrogens is 4. The largest absolute Gasteiger partial charge is 0.340 e. The Hall–Kier alpha value is -1.69. The Kier molecular flexibility index (Phi) is 3.53. The molecule has 2 heterocycles. The highest BCUT2D eigenvalue weighted by Crippen LogP contribution is 2.10. The second-order valence-electron chi connectivity index (χ2n) is 4.03. The molecule has 0 saturated heterocycles. The number of aryl methyl sites for hydroxylation is 2. The number of nitrogens with zero attached hydrogens (tertiary/aromatic N) is 4. The molecule has 1 N–H and O–H groups in total. The summed E-state index contributed by atoms with van der Waals surface area (Å²) in [4.78, 5) is 3.97. The highest BCUT2D eigenvalue weighted by atomic mass is 16.5. The molecule has 0 fully saturated rings. The van der Waals surface area contributed by atoms with Crippen LogP contribution in [0.4, 0.5) is 0 Å². The van der Waals surface area contributed by atoms with Crippen molar-refractivity contribution in [1.29, 1.82) is 0 Å². The van der Waals surface area contributed by atoms with Crippen LogP contribution in [0.1, 0.15) is 22.8 Å². The molecule has 0 bridgehead atoms. The molecule has 0 radical (unpaired) electrons. The van der Waals surface area contributed by atoms with Crippen molar-refractivity contribution in [1.82, 2.24) is 25.2 Å². The maximum absolute atomic E-state index is 4.92. The quantitative estimate of drug-likeness (QED) is 0.775. The van der Waals surface area contributed by atoms with Gasteiger partial charge < -0.3 is 9.84 Å². The number of hydrogen-bond donors (Lipinski definition) is 1. The highest BCUT2D eigenvalue weighted by Gasteiger charge is 2.08. The predicted molar refractivity (Wildman–Crippen MR) is 62.4 cm³/mol. The van der Waals surface area contributed by atoms with Gasteiger partial charge in [-0.15, -0.1) is 0 Å². The van der Waals surface area contributed by atoms with Gasteiger partial charge in [0.1, 0.15) is 0 Å². The number of rotatable bonds is 5. The van der Waals surface area contributed by atoms with Crippen molar-refractivity contribution >= 4 is 0 Å². The lowest BCUT2D eigenvalue weighted by Gasteiger charge is -2.03. The van der Waals surface area contributed by atoms with E-state index >= 15 is 0 Å². The topological polar surface area (TPSA) is 68.8 Å². The Morgan fingerprint density at radius 2 is 2.24 bits per heavy atom. The first kappa shape index (κ1) is 11.8. The van der Waals surface area contributed by atoms with E-state index < -0.39 is 0 Å². The summed E-state index contributed by atoms with van der Waals surface area (Å²) in [7, 11) is 1.96. The van der Waals surface area contributed by atoms with Crippen LogP contribution < -0.4 is 5.32 Å². The molecule has 2 aromatic rings. The first-order valence-corrected chi connectivity index (χ1v) is 5.64. The third-order valence-electron chi connectivity index (χ3n) is 2.88. The van der Waals surface area contributed by atoms with Crippen molar-refractivity contribution in [2.75, 3.05) is 6.54 Å². The number of nitrogens with one attached hydrogen (secondary N) is 1. The predicted octanol–water partition coefficient (Wildman–Crippen LogP) is 0.752. The smallest absolute Gasteiger partial charge is 0.227 e. The Morgan fingerprint density at radius 3 is 2.82 bits per heavy atom. The van der Waals surface area contributed by atoms with Crippen LogP contribution in [0, 0.1) is 13.8 Å². The van der Waals surface area contributed by atoms with Gasteiger partial charge in [-0.05, 0) is 13.8 Å². The molecule has 0 spiro atoms. The fraction of sp³-hybridized carbons (Fsp3) is 0.545. The fourth-order valence-corrected chi connectivity index (χ4v) is 1.79. The molecular weight excluding hydrogens is 218 g/mol. The van der Waals surface area contributed by atoms with Crippen LogP contribution in [0.2, 0.25) is 0 Å². The lowest BCUT2D eigenvalue weighted by Crippen LogP contribution is -2.17. The van der Waals surface area contributed by atoms with Crippen molar-refractivity contribution in [3.05, 3.63) is 29.2 Å². The molecule has 0 amide bonds. The summed E-state index contributed by atoms with van der Waals surface area (Å²) in [6.07, 6.45) is 2.17. The van der Waals surface area contributed by atoms with Gasteiger partial charge in [0.2, 0.25) is 5.89 Å². The van der Waals surface area contributed by atoms with Crippen molar-refractivity contribution < 1.29 is 4.52 Å². The van der Waals surface area contributed by atoms with Gasteiger partial charge in [-0.2, -0.15) is 10.1 Å². The van der Waals surface area contributed by atoms with Gasteiger partial charge in [0, 0.05) is 37.8 Å². The summed E-state index contributed by atoms with van der Waals surface area (Å²) in [5, 5.41) is 11.3. The summed E-state index contributed by atoms with van der Waals surface area (Å²) in [5.41, 5.74) is 3.54. The number of hydrogen-bond acceptors (Lipinski definition) is 5. The van der Waals surface area contributed by atoms with Gasteiger partial charge in [0.05, 0.1) is 5.69 Å². The lowest BCUT2D eigenvalue weighted by atomic mass is 10.2. The van der Waals surface area contributed by atoms with E-state index in [9.17, 15) is 0 Å². The summed E-state index contributed by atoms with van der Waals surface area (Å²) in [5.74, 6) is 0.664. The molecule has 0 aliphatic carbocycles. The highest BCUT2D eigenvalue weighted by molar-refractivity contribution is 5.23. The molecule has 2 aromatic heterocycles. The summed E-state index contributed by atoms with van der Waals surface area (Å²) in [6, 6.07) is 0. The molecule has 0 atom stereocenters. The SMILES string of the molecule is Cc1nn(C)c(C)c1CNCCc1ncno1. The molecule has 0 aliphatic rings. The van der Waals surface area contributed by atoms with E-state index in [0.717, 1.165) is 25.2 Å². The van der Waals surface area contributed by atoms with Crippen LogP contribution >= 0.6 is 0 Å². The van der Waals surface area contributed by atoms with Gasteiger partial charge in [-0.1, -0.05) is 5.16 Å². The van der Waals surface area contributed by atoms with Crippen LogP contribution in [-0.4, -0.2) is 26.5 Å². The van der Waals surface area contributed by atoms with Gasteiger partial charge in [0.25, 0.3) is 0 Å². The Morgan fingerprint density at radius 1 is 1.41 bits per heavy atom. The average Bonchev–Trinajstić information content (AvgIpc) is 2.87. The maximum Gasteiger partial charge on any atom is 0.227 e. The van der Waals surface area contributed by atoms with Crippen LogP contribution in [0.15, 0.2) is 10.9 Å². The van der Waals surface area contributed by atoms with Crippen molar-refractivity contribution in [2.45, 2.75) is 26.8 Å². The van der Waals surface area contributed by atoms with E-state index in [-0.39, 0.29) is 0 Å². The second-order valence-corrected chi connectivity index (χ2v) is 4.03. The molecule has 0 aromatic carbocycles. The molecule has 0 aliphatic heterocycles. The monoisotopic (exact) mass is 235 g/mol. The zero-order valence-corrected chi connectivity index (χ0v) is 10.4. The van der Waals surface area contributed by atoms with Gasteiger partial charge in [-0.3, -0.25) is 4.68 Å². The van der Waals surface area contributed by atoms with E-state index in [1.54, 1.807) is 0 Å². The minimum Gasteiger partial charge on any atom is -0.340 e. The van der Waals surface area contributed by atoms with Crippen molar-refractivity contribution in [2.24, 2.45) is 7.05 Å². The van der Waals surface area contributed by atoms with Crippen LogP contribution in [0.5, 0.6) is 0 Å². The zero-order valence-electron chi connectivity index (χ0n) is 10.4. The third-order valence-corrected chi connectivity index (χ3v) is 2.88. The first-order chi connectivity index (χ1) is 8.18. The van der Waals surface area contributed by atoms with E-state index in [4.69, 9.17) is 4.52 Å². The lowest BCUT2D eigenvalue weighted by molar-refractivity contribution is 0.375. The van der Waals surface area contributed by atoms with E-state index in [1.165, 1.54) is 17.6 Å². The third kappa shape index (κ3) is 2.71. The van der Waals surface area contributed by atoms with Crippen LogP contribution in [0.3, 0.4) is 0 Å². The molecule has 0 saturated carbocycles. The minimum atomic E-state index is 0.664. The molecule has 2 rings (SSSR count). The molecule has 17 heavy (non-hydrogen) atoms. The van der Waals surface area contributed by atoms with Crippen molar-refractivity contribution in [3.8, 4) is 0 Å². The van der Waals surface area contributed by atoms with E-state index in [0.29, 0.717) is 5.89 Å². The Labute approximate surface area is 100 Å². The molecule has 92 valence electrons. The van der Waals surface area contributed by atoms with Crippen LogP contribution in [0.25, 0.3) is 0 Å². The summed E-state index contributed by atoms with van der Waals surface area (Å²) in [6.45, 7) is 5.74. The molecule has 6 heteroatoms. The Bertz CT molecular complexity index is 474. The van der Waals surface area contributed by atoms with Crippen LogP contribution in [-0.2, 0) is 20.0 Å². The molecule has 6 nitrogen and oxygen atoms in total. The first-order valence-electron chi connectivity index (χ1n) is 5.64. The van der Waals surface area contributed by atoms with Gasteiger partial charge in [-0.25, -0.2) is 0 Å². The summed E-state index contributed by atoms with van der Waals surface area (Å²) < 4.78 is 6.83. The molecular formula is C11H17N5O. The standard InChI is InChI=1S/C11H17N5O/c1-8-10(9(2)16(3)15-8)6-12-5-4-11-13-7-14-17-11/h7,12H,4-6H2,1-3H3. The zero-order chi connectivity index (χ0) is 12.3. The summed E-state index contributed by atoms with van der Waals surface area (Å²) >= 11 is 0. The second kappa shape index (κ2) is 5.09. The molecule has 0 unspecified atom stereocenters. The normalized spacial score (nSPS) is 11.0. The van der Waals surface area contributed by atoms with E-state index in [2.05, 4.69) is 27.5 Å². The minimum absolute atomic E-state index is 0.664. The average molecular weight is 235 g/mol. The van der Waals surface area contributed by atoms with Gasteiger partial charge >= 0.3 is 0 Å². The van der Waals surface area contributed by atoms with Crippen molar-refractivity contribution in [3.63, 3.8) is 0 Å². The fourth-order valence-electron chi connectivity index (χ4n) is 1.79. The Balaban J connectivity index is 1.82. The van der Waals surface area contributed by atoms with Gasteiger partial charge in [0.15, 0.2) is 6.33 Å². The van der Waals surface area contributed by atoms with E-state index in [1.807, 2.05) is 18.7 Å². The maximum atomic E-state index is 4.92.